The number of nitriles is 1. The van der Waals surface area contributed by atoms with Crippen LogP contribution in [-0.2, 0) is 21.4 Å². The van der Waals surface area contributed by atoms with Gasteiger partial charge in [-0.2, -0.15) is 9.57 Å². The second-order valence-corrected chi connectivity index (χ2v) is 9.27. The summed E-state index contributed by atoms with van der Waals surface area (Å²) in [4.78, 5) is 12.5. The zero-order valence-electron chi connectivity index (χ0n) is 14.1. The van der Waals surface area contributed by atoms with Crippen LogP contribution in [0.4, 0.5) is 0 Å². The van der Waals surface area contributed by atoms with Gasteiger partial charge >= 0.3 is 0 Å². The summed E-state index contributed by atoms with van der Waals surface area (Å²) in [5.74, 6) is -0.489. The molecule has 1 fully saturated rings. The Kier molecular flexibility index (Phi) is 5.71. The molecule has 136 valence electrons. The van der Waals surface area contributed by atoms with Gasteiger partial charge in [0, 0.05) is 19.6 Å². The van der Waals surface area contributed by atoms with Gasteiger partial charge in [-0.25, -0.2) is 8.42 Å². The maximum Gasteiger partial charge on any atom is 0.252 e. The first-order valence-electron chi connectivity index (χ1n) is 8.31. The molecule has 1 aliphatic rings. The molecule has 6 nitrogen and oxygen atoms in total. The third-order valence-electron chi connectivity index (χ3n) is 4.39. The molecular formula is C18H19N3O3S2. The minimum Gasteiger partial charge on any atom is -0.352 e. The molecule has 0 spiro atoms. The first-order chi connectivity index (χ1) is 12.5. The van der Waals surface area contributed by atoms with Crippen molar-refractivity contribution in [2.45, 2.75) is 23.6 Å². The van der Waals surface area contributed by atoms with Gasteiger partial charge in [0.15, 0.2) is 0 Å². The smallest absolute Gasteiger partial charge is 0.252 e. The minimum atomic E-state index is -3.52. The van der Waals surface area contributed by atoms with E-state index in [1.165, 1.54) is 15.6 Å². The largest absolute Gasteiger partial charge is 0.352 e. The number of rotatable bonds is 5. The molecular weight excluding hydrogens is 370 g/mol. The minimum absolute atomic E-state index is 0.138. The number of carbonyl (C=O) groups is 1. The van der Waals surface area contributed by atoms with Crippen LogP contribution >= 0.6 is 11.3 Å². The standard InChI is InChI=1S/C18H19N3O3S2/c19-11-14-5-7-15(8-6-14)12-20-18(22)16-3-1-9-21(13-16)26(23,24)17-4-2-10-25-17/h2,4-8,10,16H,1,3,9,12-13H2,(H,20,22). The number of hydrogen-bond acceptors (Lipinski definition) is 5. The quantitative estimate of drug-likeness (QED) is 0.850. The summed E-state index contributed by atoms with van der Waals surface area (Å²) in [7, 11) is -3.52. The van der Waals surface area contributed by atoms with Gasteiger partial charge in [-0.1, -0.05) is 18.2 Å². The number of hydrogen-bond donors (Lipinski definition) is 1. The maximum absolute atomic E-state index is 12.6. The topological polar surface area (TPSA) is 90.3 Å². The van der Waals surface area contributed by atoms with E-state index < -0.39 is 10.0 Å². The van der Waals surface area contributed by atoms with Crippen LogP contribution in [0.25, 0.3) is 0 Å². The lowest BCUT2D eigenvalue weighted by atomic mass is 9.98. The summed E-state index contributed by atoms with van der Waals surface area (Å²) < 4.78 is 27.0. The molecule has 3 rings (SSSR count). The number of amides is 1. The first-order valence-corrected chi connectivity index (χ1v) is 10.6. The van der Waals surface area contributed by atoms with Gasteiger partial charge in [0.25, 0.3) is 10.0 Å². The number of thiophene rings is 1. The maximum atomic E-state index is 12.6. The van der Waals surface area contributed by atoms with Crippen molar-refractivity contribution in [2.75, 3.05) is 13.1 Å². The van der Waals surface area contributed by atoms with Gasteiger partial charge in [-0.05, 0) is 42.0 Å². The molecule has 1 aromatic heterocycles. The molecule has 1 unspecified atom stereocenters. The number of nitrogens with zero attached hydrogens (tertiary/aromatic N) is 2. The second kappa shape index (κ2) is 7.99. The van der Waals surface area contributed by atoms with E-state index in [-0.39, 0.29) is 18.4 Å². The van der Waals surface area contributed by atoms with E-state index in [4.69, 9.17) is 5.26 Å². The molecule has 0 aliphatic carbocycles. The predicted octanol–water partition coefficient (Wildman–Crippen LogP) is 2.34. The average Bonchev–Trinajstić information content (AvgIpc) is 3.22. The normalized spacial score (nSPS) is 18.2. The zero-order valence-corrected chi connectivity index (χ0v) is 15.7. The molecule has 26 heavy (non-hydrogen) atoms. The molecule has 1 saturated heterocycles. The zero-order chi connectivity index (χ0) is 18.6. The predicted molar refractivity (Wildman–Crippen MR) is 98.8 cm³/mol. The van der Waals surface area contributed by atoms with Crippen LogP contribution in [0.1, 0.15) is 24.0 Å². The molecule has 1 amide bonds. The van der Waals surface area contributed by atoms with Gasteiger partial charge in [-0.15, -0.1) is 11.3 Å². The highest BCUT2D eigenvalue weighted by Gasteiger charge is 2.33. The average molecular weight is 390 g/mol. The highest BCUT2D eigenvalue weighted by atomic mass is 32.2. The van der Waals surface area contributed by atoms with Crippen molar-refractivity contribution in [1.82, 2.24) is 9.62 Å². The Labute approximate surface area is 157 Å². The number of piperidine rings is 1. The van der Waals surface area contributed by atoms with Gasteiger partial charge in [0.2, 0.25) is 5.91 Å². The molecule has 8 heteroatoms. The van der Waals surface area contributed by atoms with Crippen molar-refractivity contribution in [3.05, 3.63) is 52.9 Å². The lowest BCUT2D eigenvalue weighted by Gasteiger charge is -2.30. The molecule has 0 radical (unpaired) electrons. The molecule has 1 aromatic carbocycles. The lowest BCUT2D eigenvalue weighted by Crippen LogP contribution is -2.45. The lowest BCUT2D eigenvalue weighted by molar-refractivity contribution is -0.126. The highest BCUT2D eigenvalue weighted by molar-refractivity contribution is 7.91. The summed E-state index contributed by atoms with van der Waals surface area (Å²) in [5.41, 5.74) is 1.47. The van der Waals surface area contributed by atoms with Crippen LogP contribution in [0.3, 0.4) is 0 Å². The first kappa shape index (κ1) is 18.6. The summed E-state index contributed by atoms with van der Waals surface area (Å²) in [6, 6.07) is 12.4. The second-order valence-electron chi connectivity index (χ2n) is 6.16. The van der Waals surface area contributed by atoms with Crippen LogP contribution < -0.4 is 5.32 Å². The fourth-order valence-corrected chi connectivity index (χ4v) is 5.61. The van der Waals surface area contributed by atoms with Crippen LogP contribution in [0.2, 0.25) is 0 Å². The van der Waals surface area contributed by atoms with Crippen molar-refractivity contribution in [3.63, 3.8) is 0 Å². The molecule has 0 saturated carbocycles. The summed E-state index contributed by atoms with van der Waals surface area (Å²) in [5, 5.41) is 13.4. The Hall–Kier alpha value is -2.21. The Morgan fingerprint density at radius 1 is 1.31 bits per heavy atom. The van der Waals surface area contributed by atoms with Crippen LogP contribution in [-0.4, -0.2) is 31.7 Å². The van der Waals surface area contributed by atoms with Crippen molar-refractivity contribution in [1.29, 1.82) is 5.26 Å². The highest BCUT2D eigenvalue weighted by Crippen LogP contribution is 2.26. The van der Waals surface area contributed by atoms with Gasteiger partial charge in [0.05, 0.1) is 17.6 Å². The summed E-state index contributed by atoms with van der Waals surface area (Å²) in [6.45, 7) is 1.01. The van der Waals surface area contributed by atoms with Gasteiger partial charge in [-0.3, -0.25) is 4.79 Å². The SMILES string of the molecule is N#Cc1ccc(CNC(=O)C2CCCN(S(=O)(=O)c3cccs3)C2)cc1. The summed E-state index contributed by atoms with van der Waals surface area (Å²) >= 11 is 1.19. The Bertz CT molecular complexity index is 900. The Balaban J connectivity index is 1.60. The number of nitrogens with one attached hydrogen (secondary N) is 1. The molecule has 0 bridgehead atoms. The van der Waals surface area contributed by atoms with Crippen molar-refractivity contribution in [3.8, 4) is 6.07 Å². The fourth-order valence-electron chi connectivity index (χ4n) is 2.94. The van der Waals surface area contributed by atoms with Crippen LogP contribution in [0, 0.1) is 17.2 Å². The number of carbonyl (C=O) groups excluding carboxylic acids is 1. The van der Waals surface area contributed by atoms with Crippen molar-refractivity contribution >= 4 is 27.3 Å². The van der Waals surface area contributed by atoms with E-state index in [2.05, 4.69) is 11.4 Å². The molecule has 1 N–H and O–H groups in total. The van der Waals surface area contributed by atoms with E-state index in [0.29, 0.717) is 35.7 Å². The Morgan fingerprint density at radius 2 is 2.08 bits per heavy atom. The van der Waals surface area contributed by atoms with E-state index in [0.717, 1.165) is 5.56 Å². The van der Waals surface area contributed by atoms with Crippen molar-refractivity contribution < 1.29 is 13.2 Å². The van der Waals surface area contributed by atoms with Crippen LogP contribution in [0.15, 0.2) is 46.0 Å². The molecule has 1 aliphatic heterocycles. The molecule has 2 aromatic rings. The third kappa shape index (κ3) is 4.12. The van der Waals surface area contributed by atoms with E-state index in [1.54, 1.807) is 41.8 Å². The number of sulfonamides is 1. The van der Waals surface area contributed by atoms with E-state index >= 15 is 0 Å². The van der Waals surface area contributed by atoms with Crippen molar-refractivity contribution in [2.24, 2.45) is 5.92 Å². The fraction of sp³-hybridized carbons (Fsp3) is 0.333. The van der Waals surface area contributed by atoms with Gasteiger partial charge < -0.3 is 5.32 Å². The third-order valence-corrected chi connectivity index (χ3v) is 7.63. The van der Waals surface area contributed by atoms with Gasteiger partial charge in [0.1, 0.15) is 4.21 Å². The number of benzene rings is 1. The van der Waals surface area contributed by atoms with E-state index in [1.807, 2.05) is 0 Å². The molecule has 2 heterocycles. The Morgan fingerprint density at radius 3 is 2.73 bits per heavy atom. The van der Waals surface area contributed by atoms with Crippen LogP contribution in [0.5, 0.6) is 0 Å². The monoisotopic (exact) mass is 389 g/mol. The summed E-state index contributed by atoms with van der Waals surface area (Å²) in [6.07, 6.45) is 1.34. The molecule has 1 atom stereocenters. The van der Waals surface area contributed by atoms with E-state index in [9.17, 15) is 13.2 Å².